The summed E-state index contributed by atoms with van der Waals surface area (Å²) in [6, 6.07) is 6.63. The first-order valence-electron chi connectivity index (χ1n) is 10.3. The van der Waals surface area contributed by atoms with E-state index in [1.54, 1.807) is 12.1 Å². The van der Waals surface area contributed by atoms with Gasteiger partial charge in [-0.1, -0.05) is 12.1 Å². The van der Waals surface area contributed by atoms with Crippen LogP contribution in [0.4, 0.5) is 4.39 Å². The molecular formula is C21H36FN5O2. The molecule has 0 amide bonds. The van der Waals surface area contributed by atoms with Gasteiger partial charge in [0, 0.05) is 32.7 Å². The first-order valence-corrected chi connectivity index (χ1v) is 10.3. The van der Waals surface area contributed by atoms with Gasteiger partial charge >= 0.3 is 0 Å². The molecule has 2 rings (SSSR count). The molecule has 1 aliphatic heterocycles. The number of ether oxygens (including phenoxy) is 1. The Kier molecular flexibility index (Phi) is 9.29. The third-order valence-corrected chi connectivity index (χ3v) is 4.93. The monoisotopic (exact) mass is 409 g/mol. The number of β-amino-alcohol motifs (C(OH)–C–C–N with tert-alkyl or cyclic N) is 1. The maximum Gasteiger partial charge on any atom is 0.191 e. The molecule has 29 heavy (non-hydrogen) atoms. The zero-order chi connectivity index (χ0) is 21.3. The smallest absolute Gasteiger partial charge is 0.191 e. The fraction of sp³-hybridized carbons (Fsp3) is 0.667. The van der Waals surface area contributed by atoms with Crippen LogP contribution in [0, 0.1) is 5.82 Å². The van der Waals surface area contributed by atoms with Crippen LogP contribution in [0.25, 0.3) is 0 Å². The van der Waals surface area contributed by atoms with E-state index in [1.807, 2.05) is 27.9 Å². The third kappa shape index (κ3) is 8.26. The van der Waals surface area contributed by atoms with Crippen LogP contribution in [-0.4, -0.2) is 93.0 Å². The molecule has 0 radical (unpaired) electrons. The van der Waals surface area contributed by atoms with Gasteiger partial charge in [0.2, 0.25) is 0 Å². The second-order valence-electron chi connectivity index (χ2n) is 7.99. The maximum absolute atomic E-state index is 13.3. The molecule has 0 saturated carbocycles. The number of nitrogens with one attached hydrogen (secondary N) is 2. The number of morpholine rings is 1. The van der Waals surface area contributed by atoms with Crippen molar-refractivity contribution < 1.29 is 14.2 Å². The molecule has 164 valence electrons. The van der Waals surface area contributed by atoms with Crippen molar-refractivity contribution in [3.8, 4) is 0 Å². The van der Waals surface area contributed by atoms with Crippen LogP contribution in [0.2, 0.25) is 0 Å². The summed E-state index contributed by atoms with van der Waals surface area (Å²) in [5, 5.41) is 17.3. The van der Waals surface area contributed by atoms with Crippen molar-refractivity contribution in [2.75, 3.05) is 66.6 Å². The van der Waals surface area contributed by atoms with Gasteiger partial charge in [-0.2, -0.15) is 0 Å². The zero-order valence-corrected chi connectivity index (χ0v) is 18.1. The molecule has 2 unspecified atom stereocenters. The Morgan fingerprint density at radius 1 is 1.28 bits per heavy atom. The minimum atomic E-state index is -0.919. The number of guanidine groups is 1. The van der Waals surface area contributed by atoms with Crippen molar-refractivity contribution in [2.24, 2.45) is 4.99 Å². The molecule has 8 heteroatoms. The second kappa shape index (κ2) is 11.4. The Hall–Kier alpha value is -1.74. The summed E-state index contributed by atoms with van der Waals surface area (Å²) in [7, 11) is 3.99. The molecule has 0 bridgehead atoms. The lowest BCUT2D eigenvalue weighted by Gasteiger charge is -2.33. The van der Waals surface area contributed by atoms with Gasteiger partial charge in [-0.25, -0.2) is 4.39 Å². The summed E-state index contributed by atoms with van der Waals surface area (Å²) in [4.78, 5) is 8.88. The van der Waals surface area contributed by atoms with Crippen LogP contribution < -0.4 is 10.6 Å². The minimum absolute atomic E-state index is 0.0633. The lowest BCUT2D eigenvalue weighted by Crippen LogP contribution is -2.48. The highest BCUT2D eigenvalue weighted by atomic mass is 19.1. The van der Waals surface area contributed by atoms with Crippen LogP contribution in [-0.2, 0) is 4.74 Å². The number of halogens is 1. The van der Waals surface area contributed by atoms with E-state index in [-0.39, 0.29) is 11.9 Å². The van der Waals surface area contributed by atoms with Gasteiger partial charge in [-0.05, 0) is 45.6 Å². The number of likely N-dealkylation sites (N-methyl/N-ethyl adjacent to an activating group) is 1. The first-order chi connectivity index (χ1) is 13.8. The van der Waals surface area contributed by atoms with Gasteiger partial charge in [0.05, 0.1) is 31.4 Å². The number of aliphatic hydroxyl groups is 1. The number of benzene rings is 1. The summed E-state index contributed by atoms with van der Waals surface area (Å²) >= 11 is 0. The highest BCUT2D eigenvalue weighted by Gasteiger charge is 2.25. The molecule has 3 N–H and O–H groups in total. The van der Waals surface area contributed by atoms with E-state index in [0.717, 1.165) is 25.2 Å². The maximum atomic E-state index is 13.3. The summed E-state index contributed by atoms with van der Waals surface area (Å²) in [6.45, 7) is 9.09. The standard InChI is InChI=1S/C21H36FN5O2/c1-5-23-20(25-15-21(2,28)16-27-10-12-29-13-11-27)24-14-19(26(3)4)17-6-8-18(22)9-7-17/h6-9,19,28H,5,10-16H2,1-4H3,(H2,23,24,25). The van der Waals surface area contributed by atoms with E-state index in [4.69, 9.17) is 4.74 Å². The van der Waals surface area contributed by atoms with E-state index in [2.05, 4.69) is 25.4 Å². The molecule has 0 spiro atoms. The van der Waals surface area contributed by atoms with E-state index in [1.165, 1.54) is 12.1 Å². The van der Waals surface area contributed by atoms with Crippen molar-refractivity contribution in [2.45, 2.75) is 25.5 Å². The van der Waals surface area contributed by atoms with Gasteiger partial charge in [0.1, 0.15) is 5.82 Å². The van der Waals surface area contributed by atoms with E-state index in [9.17, 15) is 9.50 Å². The Balaban J connectivity index is 1.96. The van der Waals surface area contributed by atoms with Crippen LogP contribution in [0.1, 0.15) is 25.5 Å². The molecule has 1 aliphatic rings. The average molecular weight is 410 g/mol. The van der Waals surface area contributed by atoms with E-state index < -0.39 is 5.60 Å². The summed E-state index contributed by atoms with van der Waals surface area (Å²) in [5.41, 5.74) is 0.108. The third-order valence-electron chi connectivity index (χ3n) is 4.93. The number of hydrogen-bond acceptors (Lipinski definition) is 5. The van der Waals surface area contributed by atoms with Gasteiger partial charge in [-0.15, -0.1) is 0 Å². The molecule has 0 aromatic heterocycles. The van der Waals surface area contributed by atoms with Crippen LogP contribution in [0.3, 0.4) is 0 Å². The minimum Gasteiger partial charge on any atom is -0.387 e. The van der Waals surface area contributed by atoms with Crippen LogP contribution >= 0.6 is 0 Å². The lowest BCUT2D eigenvalue weighted by molar-refractivity contribution is -0.0180. The van der Waals surface area contributed by atoms with E-state index in [0.29, 0.717) is 38.8 Å². The van der Waals surface area contributed by atoms with Crippen LogP contribution in [0.15, 0.2) is 29.3 Å². The highest BCUT2D eigenvalue weighted by molar-refractivity contribution is 5.79. The molecule has 1 aromatic rings. The predicted molar refractivity (Wildman–Crippen MR) is 115 cm³/mol. The molecular weight excluding hydrogens is 373 g/mol. The molecule has 1 fully saturated rings. The zero-order valence-electron chi connectivity index (χ0n) is 18.1. The fourth-order valence-corrected chi connectivity index (χ4v) is 3.36. The SMILES string of the molecule is CCNC(=NCC(C)(O)CN1CCOCC1)NCC(c1ccc(F)cc1)N(C)C. The Labute approximate surface area is 173 Å². The number of aliphatic imine (C=N–C) groups is 1. The summed E-state index contributed by atoms with van der Waals surface area (Å²) < 4.78 is 18.6. The van der Waals surface area contributed by atoms with Gasteiger partial charge in [0.25, 0.3) is 0 Å². The summed E-state index contributed by atoms with van der Waals surface area (Å²) in [6.07, 6.45) is 0. The van der Waals surface area contributed by atoms with Gasteiger partial charge < -0.3 is 25.4 Å². The molecule has 7 nitrogen and oxygen atoms in total. The molecule has 0 aliphatic carbocycles. The Morgan fingerprint density at radius 2 is 1.93 bits per heavy atom. The molecule has 2 atom stereocenters. The Bertz CT molecular complexity index is 630. The number of nitrogens with zero attached hydrogens (tertiary/aromatic N) is 3. The Morgan fingerprint density at radius 3 is 2.52 bits per heavy atom. The van der Waals surface area contributed by atoms with Gasteiger partial charge in [-0.3, -0.25) is 9.89 Å². The number of rotatable bonds is 9. The van der Waals surface area contributed by atoms with Crippen molar-refractivity contribution in [3.63, 3.8) is 0 Å². The lowest BCUT2D eigenvalue weighted by atomic mass is 10.1. The normalized spacial score (nSPS) is 19.1. The largest absolute Gasteiger partial charge is 0.387 e. The molecule has 1 aromatic carbocycles. The quantitative estimate of drug-likeness (QED) is 0.419. The van der Waals surface area contributed by atoms with Crippen molar-refractivity contribution in [1.29, 1.82) is 0 Å². The summed E-state index contributed by atoms with van der Waals surface area (Å²) in [5.74, 6) is 0.417. The average Bonchev–Trinajstić information content (AvgIpc) is 2.68. The number of hydrogen-bond donors (Lipinski definition) is 3. The van der Waals surface area contributed by atoms with E-state index >= 15 is 0 Å². The molecule has 1 saturated heterocycles. The van der Waals surface area contributed by atoms with Gasteiger partial charge in [0.15, 0.2) is 5.96 Å². The van der Waals surface area contributed by atoms with Crippen LogP contribution in [0.5, 0.6) is 0 Å². The highest BCUT2D eigenvalue weighted by Crippen LogP contribution is 2.17. The topological polar surface area (TPSA) is 72.4 Å². The molecule has 1 heterocycles. The fourth-order valence-electron chi connectivity index (χ4n) is 3.36. The van der Waals surface area contributed by atoms with Crippen molar-refractivity contribution in [3.05, 3.63) is 35.6 Å². The first kappa shape index (κ1) is 23.5. The second-order valence-corrected chi connectivity index (χ2v) is 7.99. The van der Waals surface area contributed by atoms with Crippen molar-refractivity contribution in [1.82, 2.24) is 20.4 Å². The predicted octanol–water partition coefficient (Wildman–Crippen LogP) is 1.07. The van der Waals surface area contributed by atoms with Crippen molar-refractivity contribution >= 4 is 5.96 Å².